The van der Waals surface area contributed by atoms with E-state index < -0.39 is 6.16 Å². The lowest BCUT2D eigenvalue weighted by Gasteiger charge is -2.03. The van der Waals surface area contributed by atoms with Gasteiger partial charge in [-0.2, -0.15) is 0 Å². The molecular formula is C13H26O3. The summed E-state index contributed by atoms with van der Waals surface area (Å²) in [5.41, 5.74) is 0. The number of unbranched alkanes of at least 4 members (excludes halogenated alkanes) is 8. The van der Waals surface area contributed by atoms with Gasteiger partial charge in [0.1, 0.15) is 0 Å². The molecule has 0 atom stereocenters. The largest absolute Gasteiger partial charge is 0.507 e. The lowest BCUT2D eigenvalue weighted by Crippen LogP contribution is -2.05. The predicted molar refractivity (Wildman–Crippen MR) is 65.6 cm³/mol. The summed E-state index contributed by atoms with van der Waals surface area (Å²) in [5.74, 6) is 0. The summed E-state index contributed by atoms with van der Waals surface area (Å²) in [6, 6.07) is 0. The molecule has 0 heterocycles. The molecule has 0 unspecified atom stereocenters. The van der Waals surface area contributed by atoms with Crippen LogP contribution in [0.1, 0.15) is 64.7 Å². The fraction of sp³-hybridized carbons (Fsp3) is 0.923. The monoisotopic (exact) mass is 230 g/mol. The number of hydrogen-bond donors (Lipinski definition) is 0. The number of rotatable bonds is 10. The third-order valence-electron chi connectivity index (χ3n) is 2.63. The molecule has 0 aliphatic rings. The van der Waals surface area contributed by atoms with Gasteiger partial charge < -0.3 is 9.47 Å². The summed E-state index contributed by atoms with van der Waals surface area (Å²) < 4.78 is 9.16. The molecule has 0 aliphatic heterocycles. The van der Waals surface area contributed by atoms with Gasteiger partial charge in [0.25, 0.3) is 0 Å². The van der Waals surface area contributed by atoms with Crippen molar-refractivity contribution < 1.29 is 14.3 Å². The van der Waals surface area contributed by atoms with Crippen LogP contribution in [0.5, 0.6) is 0 Å². The Morgan fingerprint density at radius 3 is 1.88 bits per heavy atom. The van der Waals surface area contributed by atoms with Crippen molar-refractivity contribution in [2.45, 2.75) is 64.7 Å². The van der Waals surface area contributed by atoms with E-state index in [2.05, 4.69) is 11.7 Å². The van der Waals surface area contributed by atoms with Crippen molar-refractivity contribution in [2.24, 2.45) is 0 Å². The van der Waals surface area contributed by atoms with Crippen molar-refractivity contribution >= 4 is 6.16 Å². The Balaban J connectivity index is 2.96. The van der Waals surface area contributed by atoms with Gasteiger partial charge in [0.05, 0.1) is 13.7 Å². The van der Waals surface area contributed by atoms with Crippen LogP contribution in [0.15, 0.2) is 0 Å². The highest BCUT2D eigenvalue weighted by molar-refractivity contribution is 5.59. The van der Waals surface area contributed by atoms with Crippen molar-refractivity contribution in [1.82, 2.24) is 0 Å². The van der Waals surface area contributed by atoms with Crippen LogP contribution in [0.25, 0.3) is 0 Å². The molecule has 0 N–H and O–H groups in total. The van der Waals surface area contributed by atoms with Crippen LogP contribution in [0.3, 0.4) is 0 Å². The van der Waals surface area contributed by atoms with Crippen molar-refractivity contribution in [3.05, 3.63) is 0 Å². The van der Waals surface area contributed by atoms with E-state index in [1.807, 2.05) is 0 Å². The fourth-order valence-electron chi connectivity index (χ4n) is 1.63. The molecule has 0 aromatic carbocycles. The zero-order valence-corrected chi connectivity index (χ0v) is 10.8. The van der Waals surface area contributed by atoms with Gasteiger partial charge in [-0.3, -0.25) is 0 Å². The molecule has 0 saturated heterocycles. The van der Waals surface area contributed by atoms with E-state index in [-0.39, 0.29) is 0 Å². The minimum absolute atomic E-state index is 0.489. The Morgan fingerprint density at radius 1 is 0.875 bits per heavy atom. The van der Waals surface area contributed by atoms with E-state index in [0.29, 0.717) is 6.61 Å². The highest BCUT2D eigenvalue weighted by Gasteiger charge is 1.98. The topological polar surface area (TPSA) is 35.5 Å². The normalized spacial score (nSPS) is 10.1. The Kier molecular flexibility index (Phi) is 11.8. The highest BCUT2D eigenvalue weighted by Crippen LogP contribution is 2.09. The standard InChI is InChI=1S/C13H26O3/c1-3-4-5-6-7-8-9-10-11-12-16-13(14)15-2/h3-12H2,1-2H3. The molecule has 3 heteroatoms. The molecule has 0 aromatic heterocycles. The zero-order valence-electron chi connectivity index (χ0n) is 10.8. The lowest BCUT2D eigenvalue weighted by molar-refractivity contribution is 0.0713. The first-order valence-corrected chi connectivity index (χ1v) is 6.52. The third kappa shape index (κ3) is 11.3. The molecule has 0 aliphatic carbocycles. The van der Waals surface area contributed by atoms with E-state index in [1.54, 1.807) is 0 Å². The van der Waals surface area contributed by atoms with Crippen LogP contribution >= 0.6 is 0 Å². The van der Waals surface area contributed by atoms with E-state index in [0.717, 1.165) is 12.8 Å². The second-order valence-electron chi connectivity index (χ2n) is 4.13. The number of ether oxygens (including phenoxy) is 2. The van der Waals surface area contributed by atoms with Gasteiger partial charge in [-0.05, 0) is 6.42 Å². The van der Waals surface area contributed by atoms with Gasteiger partial charge in [-0.25, -0.2) is 4.79 Å². The average Bonchev–Trinajstić information content (AvgIpc) is 2.31. The molecule has 0 rings (SSSR count). The minimum Gasteiger partial charge on any atom is -0.438 e. The van der Waals surface area contributed by atoms with E-state index >= 15 is 0 Å². The van der Waals surface area contributed by atoms with Crippen LogP contribution in [-0.2, 0) is 9.47 Å². The van der Waals surface area contributed by atoms with Gasteiger partial charge in [0.15, 0.2) is 0 Å². The van der Waals surface area contributed by atoms with Gasteiger partial charge in [-0.15, -0.1) is 0 Å². The molecule has 3 nitrogen and oxygen atoms in total. The lowest BCUT2D eigenvalue weighted by atomic mass is 10.1. The maximum atomic E-state index is 10.6. The predicted octanol–water partition coefficient (Wildman–Crippen LogP) is 4.30. The van der Waals surface area contributed by atoms with Crippen molar-refractivity contribution in [1.29, 1.82) is 0 Å². The molecule has 16 heavy (non-hydrogen) atoms. The SMILES string of the molecule is CCCCCCCCCCCOC(=O)OC. The van der Waals surface area contributed by atoms with Crippen LogP contribution < -0.4 is 0 Å². The Bertz CT molecular complexity index is 157. The van der Waals surface area contributed by atoms with Crippen molar-refractivity contribution in [2.75, 3.05) is 13.7 Å². The van der Waals surface area contributed by atoms with E-state index in [4.69, 9.17) is 4.74 Å². The van der Waals surface area contributed by atoms with Crippen LogP contribution in [0.4, 0.5) is 4.79 Å². The van der Waals surface area contributed by atoms with E-state index in [1.165, 1.54) is 52.1 Å². The first-order valence-electron chi connectivity index (χ1n) is 6.52. The molecule has 0 aromatic rings. The summed E-state index contributed by atoms with van der Waals surface area (Å²) in [6.07, 6.45) is 10.8. The summed E-state index contributed by atoms with van der Waals surface area (Å²) in [7, 11) is 1.33. The minimum atomic E-state index is -0.570. The van der Waals surface area contributed by atoms with Crippen LogP contribution in [0, 0.1) is 0 Å². The second-order valence-corrected chi connectivity index (χ2v) is 4.13. The Morgan fingerprint density at radius 2 is 1.38 bits per heavy atom. The van der Waals surface area contributed by atoms with Crippen molar-refractivity contribution in [3.8, 4) is 0 Å². The molecule has 0 fully saturated rings. The smallest absolute Gasteiger partial charge is 0.438 e. The van der Waals surface area contributed by atoms with Crippen molar-refractivity contribution in [3.63, 3.8) is 0 Å². The number of methoxy groups -OCH3 is 1. The number of carbonyl (C=O) groups excluding carboxylic acids is 1. The summed E-state index contributed by atoms with van der Waals surface area (Å²) >= 11 is 0. The van der Waals surface area contributed by atoms with Gasteiger partial charge in [0, 0.05) is 0 Å². The maximum Gasteiger partial charge on any atom is 0.507 e. The molecular weight excluding hydrogens is 204 g/mol. The number of hydrogen-bond acceptors (Lipinski definition) is 3. The summed E-state index contributed by atoms with van der Waals surface area (Å²) in [4.78, 5) is 10.6. The van der Waals surface area contributed by atoms with Crippen LogP contribution in [-0.4, -0.2) is 19.9 Å². The first kappa shape index (κ1) is 15.3. The maximum absolute atomic E-state index is 10.6. The van der Waals surface area contributed by atoms with Gasteiger partial charge in [0.2, 0.25) is 0 Å². The van der Waals surface area contributed by atoms with Crippen LogP contribution in [0.2, 0.25) is 0 Å². The summed E-state index contributed by atoms with van der Waals surface area (Å²) in [6.45, 7) is 2.73. The Hall–Kier alpha value is -0.730. The average molecular weight is 230 g/mol. The first-order chi connectivity index (χ1) is 7.81. The van der Waals surface area contributed by atoms with Gasteiger partial charge in [-0.1, -0.05) is 58.3 Å². The summed E-state index contributed by atoms with van der Waals surface area (Å²) in [5, 5.41) is 0. The quantitative estimate of drug-likeness (QED) is 0.414. The molecule has 0 bridgehead atoms. The molecule has 0 spiro atoms. The third-order valence-corrected chi connectivity index (χ3v) is 2.63. The molecule has 96 valence electrons. The fourth-order valence-corrected chi connectivity index (χ4v) is 1.63. The molecule has 0 radical (unpaired) electrons. The number of carbonyl (C=O) groups is 1. The zero-order chi connectivity index (χ0) is 12.1. The van der Waals surface area contributed by atoms with Gasteiger partial charge >= 0.3 is 6.16 Å². The Labute approximate surface area is 99.5 Å². The highest BCUT2D eigenvalue weighted by atomic mass is 16.7. The molecule has 0 saturated carbocycles. The van der Waals surface area contributed by atoms with E-state index in [9.17, 15) is 4.79 Å². The second kappa shape index (κ2) is 12.3. The molecule has 0 amide bonds.